The SMILES string of the molecule is CCOC(=O)C(=O)N1CCN(C(=O)[C@H]2C[C@H]2c2cccs2)CC1. The average molecular weight is 336 g/mol. The van der Waals surface area contributed by atoms with Gasteiger partial charge in [-0.15, -0.1) is 11.3 Å². The minimum atomic E-state index is -0.813. The van der Waals surface area contributed by atoms with E-state index in [4.69, 9.17) is 4.74 Å². The number of nitrogens with zero attached hydrogens (tertiary/aromatic N) is 2. The third kappa shape index (κ3) is 3.39. The molecule has 1 aromatic heterocycles. The van der Waals surface area contributed by atoms with E-state index in [-0.39, 0.29) is 18.4 Å². The summed E-state index contributed by atoms with van der Waals surface area (Å²) in [5.74, 6) is -0.802. The maximum Gasteiger partial charge on any atom is 0.397 e. The second-order valence-electron chi connectivity index (χ2n) is 5.80. The van der Waals surface area contributed by atoms with Crippen molar-refractivity contribution in [2.75, 3.05) is 32.8 Å². The average Bonchev–Trinajstić information content (AvgIpc) is 3.18. The molecule has 2 aliphatic rings. The smallest absolute Gasteiger partial charge is 0.397 e. The van der Waals surface area contributed by atoms with Crippen molar-refractivity contribution in [3.05, 3.63) is 22.4 Å². The largest absolute Gasteiger partial charge is 0.459 e. The molecule has 0 bridgehead atoms. The Hall–Kier alpha value is -1.89. The van der Waals surface area contributed by atoms with Crippen LogP contribution < -0.4 is 0 Å². The number of piperazine rings is 1. The van der Waals surface area contributed by atoms with Crippen molar-refractivity contribution in [3.8, 4) is 0 Å². The summed E-state index contributed by atoms with van der Waals surface area (Å²) in [5.41, 5.74) is 0. The number of ether oxygens (including phenoxy) is 1. The zero-order chi connectivity index (χ0) is 16.4. The molecule has 23 heavy (non-hydrogen) atoms. The lowest BCUT2D eigenvalue weighted by atomic mass is 10.2. The van der Waals surface area contributed by atoms with Crippen molar-refractivity contribution in [1.29, 1.82) is 0 Å². The van der Waals surface area contributed by atoms with Crippen molar-refractivity contribution in [3.63, 3.8) is 0 Å². The van der Waals surface area contributed by atoms with E-state index in [9.17, 15) is 14.4 Å². The molecule has 0 aromatic carbocycles. The van der Waals surface area contributed by atoms with E-state index in [2.05, 4.69) is 6.07 Å². The van der Waals surface area contributed by atoms with Crippen LogP contribution in [-0.2, 0) is 19.1 Å². The first-order valence-electron chi connectivity index (χ1n) is 7.90. The summed E-state index contributed by atoms with van der Waals surface area (Å²) in [4.78, 5) is 40.4. The van der Waals surface area contributed by atoms with Gasteiger partial charge in [0.2, 0.25) is 5.91 Å². The van der Waals surface area contributed by atoms with Crippen molar-refractivity contribution < 1.29 is 19.1 Å². The van der Waals surface area contributed by atoms with Crippen molar-refractivity contribution >= 4 is 29.1 Å². The van der Waals surface area contributed by atoms with Gasteiger partial charge in [0.25, 0.3) is 0 Å². The number of esters is 1. The lowest BCUT2D eigenvalue weighted by Gasteiger charge is -2.34. The van der Waals surface area contributed by atoms with Crippen LogP contribution in [0.5, 0.6) is 0 Å². The molecule has 2 fully saturated rings. The summed E-state index contributed by atoms with van der Waals surface area (Å²) in [7, 11) is 0. The minimum absolute atomic E-state index is 0.0842. The van der Waals surface area contributed by atoms with Gasteiger partial charge in [-0.05, 0) is 24.8 Å². The zero-order valence-electron chi connectivity index (χ0n) is 13.1. The lowest BCUT2D eigenvalue weighted by Crippen LogP contribution is -2.52. The van der Waals surface area contributed by atoms with E-state index in [1.54, 1.807) is 18.3 Å². The maximum absolute atomic E-state index is 12.5. The number of amides is 2. The van der Waals surface area contributed by atoms with Gasteiger partial charge in [-0.3, -0.25) is 9.59 Å². The molecule has 1 aliphatic carbocycles. The molecular weight excluding hydrogens is 316 g/mol. The van der Waals surface area contributed by atoms with Gasteiger partial charge >= 0.3 is 11.9 Å². The topological polar surface area (TPSA) is 66.9 Å². The van der Waals surface area contributed by atoms with E-state index >= 15 is 0 Å². The van der Waals surface area contributed by atoms with E-state index < -0.39 is 11.9 Å². The van der Waals surface area contributed by atoms with Crippen LogP contribution in [0.15, 0.2) is 17.5 Å². The number of hydrogen-bond donors (Lipinski definition) is 0. The first-order valence-corrected chi connectivity index (χ1v) is 8.78. The van der Waals surface area contributed by atoms with Crippen LogP contribution >= 0.6 is 11.3 Å². The van der Waals surface area contributed by atoms with Crippen LogP contribution in [0.2, 0.25) is 0 Å². The van der Waals surface area contributed by atoms with E-state index in [1.807, 2.05) is 16.3 Å². The van der Waals surface area contributed by atoms with Crippen LogP contribution in [0.1, 0.15) is 24.1 Å². The van der Waals surface area contributed by atoms with Gasteiger partial charge < -0.3 is 14.5 Å². The number of hydrogen-bond acceptors (Lipinski definition) is 5. The number of carbonyl (C=O) groups is 3. The molecule has 0 unspecified atom stereocenters. The first kappa shape index (κ1) is 16.0. The summed E-state index contributed by atoms with van der Waals surface area (Å²) >= 11 is 1.70. The van der Waals surface area contributed by atoms with Crippen molar-refractivity contribution in [2.45, 2.75) is 19.3 Å². The van der Waals surface area contributed by atoms with Gasteiger partial charge in [0.1, 0.15) is 0 Å². The van der Waals surface area contributed by atoms with E-state index in [0.717, 1.165) is 6.42 Å². The molecular formula is C16H20N2O4S. The van der Waals surface area contributed by atoms with Crippen LogP contribution in [0.25, 0.3) is 0 Å². The summed E-state index contributed by atoms with van der Waals surface area (Å²) in [6, 6.07) is 4.10. The third-order valence-corrected chi connectivity index (χ3v) is 5.35. The second-order valence-corrected chi connectivity index (χ2v) is 6.78. The Morgan fingerprint density at radius 1 is 1.22 bits per heavy atom. The number of rotatable bonds is 3. The van der Waals surface area contributed by atoms with Crippen LogP contribution in [0.3, 0.4) is 0 Å². The molecule has 7 heteroatoms. The number of thiophene rings is 1. The molecule has 2 heterocycles. The lowest BCUT2D eigenvalue weighted by molar-refractivity contribution is -0.161. The van der Waals surface area contributed by atoms with E-state index in [0.29, 0.717) is 32.1 Å². The normalized spacial score (nSPS) is 23.5. The number of carbonyl (C=O) groups excluding carboxylic acids is 3. The molecule has 1 saturated carbocycles. The molecule has 2 atom stereocenters. The van der Waals surface area contributed by atoms with Gasteiger partial charge in [-0.1, -0.05) is 6.07 Å². The summed E-state index contributed by atoms with van der Waals surface area (Å²) < 4.78 is 4.73. The predicted molar refractivity (Wildman–Crippen MR) is 85.0 cm³/mol. The molecule has 0 spiro atoms. The van der Waals surface area contributed by atoms with Gasteiger partial charge in [-0.2, -0.15) is 0 Å². The van der Waals surface area contributed by atoms with Gasteiger partial charge in [-0.25, -0.2) is 4.79 Å². The summed E-state index contributed by atoms with van der Waals surface area (Å²) in [5, 5.41) is 2.04. The quantitative estimate of drug-likeness (QED) is 0.612. The van der Waals surface area contributed by atoms with Gasteiger partial charge in [0.15, 0.2) is 0 Å². The van der Waals surface area contributed by atoms with Crippen LogP contribution in [0, 0.1) is 5.92 Å². The fraction of sp³-hybridized carbons (Fsp3) is 0.562. The van der Waals surface area contributed by atoms with Crippen LogP contribution in [-0.4, -0.2) is 60.4 Å². The Balaban J connectivity index is 1.49. The molecule has 0 radical (unpaired) electrons. The second kappa shape index (κ2) is 6.70. The molecule has 1 aliphatic heterocycles. The third-order valence-electron chi connectivity index (χ3n) is 4.34. The monoisotopic (exact) mass is 336 g/mol. The van der Waals surface area contributed by atoms with Gasteiger partial charge in [0, 0.05) is 42.9 Å². The Morgan fingerprint density at radius 3 is 2.52 bits per heavy atom. The zero-order valence-corrected chi connectivity index (χ0v) is 13.9. The van der Waals surface area contributed by atoms with Crippen molar-refractivity contribution in [1.82, 2.24) is 9.80 Å². The molecule has 124 valence electrons. The molecule has 3 rings (SSSR count). The molecule has 1 aromatic rings. The highest BCUT2D eigenvalue weighted by Crippen LogP contribution is 2.50. The highest BCUT2D eigenvalue weighted by atomic mass is 32.1. The fourth-order valence-corrected chi connectivity index (χ4v) is 3.88. The standard InChI is InChI=1S/C16H20N2O4S/c1-2-22-16(21)15(20)18-7-5-17(6-8-18)14(19)12-10-11(12)13-4-3-9-23-13/h3-4,9,11-12H,2,5-8,10H2,1H3/t11-,12+/m1/s1. The maximum atomic E-state index is 12.5. The highest BCUT2D eigenvalue weighted by molar-refractivity contribution is 7.10. The first-order chi connectivity index (χ1) is 11.1. The van der Waals surface area contributed by atoms with E-state index in [1.165, 1.54) is 9.78 Å². The molecule has 2 amide bonds. The molecule has 1 saturated heterocycles. The molecule has 6 nitrogen and oxygen atoms in total. The summed E-state index contributed by atoms with van der Waals surface area (Å²) in [6.07, 6.45) is 0.918. The minimum Gasteiger partial charge on any atom is -0.459 e. The Labute approximate surface area is 139 Å². The summed E-state index contributed by atoms with van der Waals surface area (Å²) in [6.45, 7) is 3.60. The van der Waals surface area contributed by atoms with Crippen molar-refractivity contribution in [2.24, 2.45) is 5.92 Å². The fourth-order valence-electron chi connectivity index (χ4n) is 2.97. The van der Waals surface area contributed by atoms with Gasteiger partial charge in [0.05, 0.1) is 6.61 Å². The predicted octanol–water partition coefficient (Wildman–Crippen LogP) is 1.09. The molecule has 0 N–H and O–H groups in total. The Kier molecular flexibility index (Phi) is 4.66. The Bertz CT molecular complexity index is 593. The highest BCUT2D eigenvalue weighted by Gasteiger charge is 2.46. The Morgan fingerprint density at radius 2 is 1.91 bits per heavy atom. The van der Waals surface area contributed by atoms with Crippen LogP contribution in [0.4, 0.5) is 0 Å².